The smallest absolute Gasteiger partial charge is 0.307 e. The van der Waals surface area contributed by atoms with Gasteiger partial charge in [0.15, 0.2) is 6.10 Å². The van der Waals surface area contributed by atoms with Crippen molar-refractivity contribution < 1.29 is 18.7 Å². The fourth-order valence-electron chi connectivity index (χ4n) is 2.20. The number of halogens is 2. The summed E-state index contributed by atoms with van der Waals surface area (Å²) in [4.78, 5) is 23.7. The SMILES string of the molecule is C[C@@H](OC(=O)C[C@H]1C=CCC1)C(=O)Nc1ccc(F)cc1Cl. The largest absolute Gasteiger partial charge is 0.453 e. The van der Waals surface area contributed by atoms with Gasteiger partial charge in [-0.3, -0.25) is 9.59 Å². The monoisotopic (exact) mass is 325 g/mol. The fraction of sp³-hybridized carbons (Fsp3) is 0.375. The van der Waals surface area contributed by atoms with Crippen LogP contribution >= 0.6 is 11.6 Å². The van der Waals surface area contributed by atoms with Crippen molar-refractivity contribution in [2.45, 2.75) is 32.3 Å². The maximum absolute atomic E-state index is 12.9. The second-order valence-corrected chi connectivity index (χ2v) is 5.62. The number of esters is 1. The predicted octanol–water partition coefficient (Wildman–Crippen LogP) is 3.71. The van der Waals surface area contributed by atoms with Gasteiger partial charge in [0.1, 0.15) is 5.82 Å². The summed E-state index contributed by atoms with van der Waals surface area (Å²) < 4.78 is 18.0. The second-order valence-electron chi connectivity index (χ2n) is 5.22. The Kier molecular flexibility index (Phi) is 5.55. The molecule has 0 saturated heterocycles. The Morgan fingerprint density at radius 2 is 2.27 bits per heavy atom. The molecule has 0 spiro atoms. The lowest BCUT2D eigenvalue weighted by Gasteiger charge is -2.15. The number of benzene rings is 1. The van der Waals surface area contributed by atoms with Crippen molar-refractivity contribution >= 4 is 29.2 Å². The minimum atomic E-state index is -0.945. The van der Waals surface area contributed by atoms with E-state index < -0.39 is 23.8 Å². The molecule has 22 heavy (non-hydrogen) atoms. The summed E-state index contributed by atoms with van der Waals surface area (Å²) in [6, 6.07) is 3.64. The van der Waals surface area contributed by atoms with Gasteiger partial charge >= 0.3 is 5.97 Å². The summed E-state index contributed by atoms with van der Waals surface area (Å²) in [5, 5.41) is 2.59. The lowest BCUT2D eigenvalue weighted by molar-refractivity contribution is -0.153. The number of carbonyl (C=O) groups is 2. The van der Waals surface area contributed by atoms with Crippen LogP contribution in [0.5, 0.6) is 0 Å². The Bertz CT molecular complexity index is 603. The molecule has 0 heterocycles. The molecule has 0 unspecified atom stereocenters. The molecule has 1 aliphatic carbocycles. The number of carbonyl (C=O) groups excluding carboxylic acids is 2. The van der Waals surface area contributed by atoms with Crippen molar-refractivity contribution in [2.24, 2.45) is 5.92 Å². The molecule has 2 atom stereocenters. The number of ether oxygens (including phenoxy) is 1. The molecule has 6 heteroatoms. The van der Waals surface area contributed by atoms with Gasteiger partial charge < -0.3 is 10.1 Å². The Morgan fingerprint density at radius 3 is 2.91 bits per heavy atom. The van der Waals surface area contributed by atoms with Crippen molar-refractivity contribution in [1.29, 1.82) is 0 Å². The molecule has 0 bridgehead atoms. The van der Waals surface area contributed by atoms with Crippen molar-refractivity contribution in [2.75, 3.05) is 5.32 Å². The van der Waals surface area contributed by atoms with Gasteiger partial charge in [-0.05, 0) is 43.9 Å². The quantitative estimate of drug-likeness (QED) is 0.663. The van der Waals surface area contributed by atoms with Crippen LogP contribution in [-0.4, -0.2) is 18.0 Å². The molecule has 0 aromatic heterocycles. The van der Waals surface area contributed by atoms with Crippen LogP contribution in [0.25, 0.3) is 0 Å². The summed E-state index contributed by atoms with van der Waals surface area (Å²) in [7, 11) is 0. The molecule has 1 amide bonds. The number of anilines is 1. The lowest BCUT2D eigenvalue weighted by atomic mass is 10.1. The van der Waals surface area contributed by atoms with Crippen LogP contribution in [0, 0.1) is 11.7 Å². The summed E-state index contributed by atoms with van der Waals surface area (Å²) in [5.74, 6) is -1.23. The Morgan fingerprint density at radius 1 is 1.50 bits per heavy atom. The molecule has 4 nitrogen and oxygen atoms in total. The molecular formula is C16H17ClFNO3. The summed E-state index contributed by atoms with van der Waals surface area (Å²) in [5.41, 5.74) is 0.273. The Labute approximate surface area is 133 Å². The summed E-state index contributed by atoms with van der Waals surface area (Å²) in [6.45, 7) is 1.48. The van der Waals surface area contributed by atoms with Crippen molar-refractivity contribution in [3.8, 4) is 0 Å². The molecule has 0 fully saturated rings. The molecule has 1 aromatic rings. The van der Waals surface area contributed by atoms with Crippen LogP contribution in [-0.2, 0) is 14.3 Å². The first-order chi connectivity index (χ1) is 10.5. The zero-order valence-corrected chi connectivity index (χ0v) is 12.9. The molecule has 0 aliphatic heterocycles. The number of hydrogen-bond acceptors (Lipinski definition) is 3. The van der Waals surface area contributed by atoms with E-state index in [9.17, 15) is 14.0 Å². The van der Waals surface area contributed by atoms with Crippen LogP contribution in [0.3, 0.4) is 0 Å². The molecule has 1 N–H and O–H groups in total. The van der Waals surface area contributed by atoms with Crippen LogP contribution in [0.15, 0.2) is 30.4 Å². The normalized spacial score (nSPS) is 18.0. The summed E-state index contributed by atoms with van der Waals surface area (Å²) in [6.07, 6.45) is 5.25. The number of hydrogen-bond donors (Lipinski definition) is 1. The topological polar surface area (TPSA) is 55.4 Å². The zero-order chi connectivity index (χ0) is 16.1. The highest BCUT2D eigenvalue weighted by atomic mass is 35.5. The van der Waals surface area contributed by atoms with Gasteiger partial charge in [0.25, 0.3) is 5.91 Å². The van der Waals surface area contributed by atoms with E-state index in [2.05, 4.69) is 5.32 Å². The van der Waals surface area contributed by atoms with Crippen LogP contribution in [0.4, 0.5) is 10.1 Å². The molecular weight excluding hydrogens is 309 g/mol. The van der Waals surface area contributed by atoms with E-state index in [4.69, 9.17) is 16.3 Å². The minimum Gasteiger partial charge on any atom is -0.453 e. The molecule has 2 rings (SSSR count). The second kappa shape index (κ2) is 7.40. The summed E-state index contributed by atoms with van der Waals surface area (Å²) >= 11 is 5.83. The third-order valence-electron chi connectivity index (χ3n) is 3.41. The number of amides is 1. The first kappa shape index (κ1) is 16.5. The van der Waals surface area contributed by atoms with E-state index >= 15 is 0 Å². The van der Waals surface area contributed by atoms with Gasteiger partial charge in [-0.15, -0.1) is 0 Å². The highest BCUT2D eigenvalue weighted by Crippen LogP contribution is 2.23. The highest BCUT2D eigenvalue weighted by Gasteiger charge is 2.21. The minimum absolute atomic E-state index is 0.0861. The lowest BCUT2D eigenvalue weighted by Crippen LogP contribution is -2.30. The third-order valence-corrected chi connectivity index (χ3v) is 3.72. The van der Waals surface area contributed by atoms with Gasteiger partial charge in [0.2, 0.25) is 0 Å². The van der Waals surface area contributed by atoms with E-state index in [1.165, 1.54) is 19.1 Å². The first-order valence-electron chi connectivity index (χ1n) is 7.08. The van der Waals surface area contributed by atoms with Crippen LogP contribution in [0.2, 0.25) is 5.02 Å². The van der Waals surface area contributed by atoms with Gasteiger partial charge in [-0.25, -0.2) is 4.39 Å². The number of rotatable bonds is 5. The van der Waals surface area contributed by atoms with E-state index in [0.717, 1.165) is 18.9 Å². The number of allylic oxidation sites excluding steroid dienone is 2. The van der Waals surface area contributed by atoms with E-state index in [-0.39, 0.29) is 23.0 Å². The highest BCUT2D eigenvalue weighted by molar-refractivity contribution is 6.33. The van der Waals surface area contributed by atoms with E-state index in [0.29, 0.717) is 0 Å². The zero-order valence-electron chi connectivity index (χ0n) is 12.1. The van der Waals surface area contributed by atoms with Gasteiger partial charge in [0.05, 0.1) is 17.1 Å². The molecule has 118 valence electrons. The standard InChI is InChI=1S/C16H17ClFNO3/c1-10(22-15(20)8-11-4-2-3-5-11)16(21)19-14-7-6-12(18)9-13(14)17/h2,4,6-7,9-11H,3,5,8H2,1H3,(H,19,21)/t10-,11+/m1/s1. The maximum Gasteiger partial charge on any atom is 0.307 e. The third kappa shape index (κ3) is 4.56. The predicted molar refractivity (Wildman–Crippen MR) is 82.1 cm³/mol. The molecule has 1 aromatic carbocycles. The van der Waals surface area contributed by atoms with E-state index in [1.807, 2.05) is 12.2 Å². The molecule has 0 saturated carbocycles. The van der Waals surface area contributed by atoms with Gasteiger partial charge in [0, 0.05) is 0 Å². The fourth-order valence-corrected chi connectivity index (χ4v) is 2.42. The first-order valence-corrected chi connectivity index (χ1v) is 7.45. The average Bonchev–Trinajstić information content (AvgIpc) is 2.94. The Hall–Kier alpha value is -1.88. The van der Waals surface area contributed by atoms with Gasteiger partial charge in [-0.1, -0.05) is 23.8 Å². The van der Waals surface area contributed by atoms with Crippen molar-refractivity contribution in [1.82, 2.24) is 0 Å². The Balaban J connectivity index is 1.85. The maximum atomic E-state index is 12.9. The molecule has 0 radical (unpaired) electrons. The van der Waals surface area contributed by atoms with Crippen LogP contribution < -0.4 is 5.32 Å². The molecule has 1 aliphatic rings. The van der Waals surface area contributed by atoms with Crippen LogP contribution in [0.1, 0.15) is 26.2 Å². The van der Waals surface area contributed by atoms with Gasteiger partial charge in [-0.2, -0.15) is 0 Å². The van der Waals surface area contributed by atoms with Crippen molar-refractivity contribution in [3.63, 3.8) is 0 Å². The van der Waals surface area contributed by atoms with Crippen molar-refractivity contribution in [3.05, 3.63) is 41.2 Å². The average molecular weight is 326 g/mol. The van der Waals surface area contributed by atoms with E-state index in [1.54, 1.807) is 0 Å². The number of nitrogens with one attached hydrogen (secondary N) is 1.